The first-order valence-corrected chi connectivity index (χ1v) is 5.64. The summed E-state index contributed by atoms with van der Waals surface area (Å²) in [4.78, 5) is 0. The summed E-state index contributed by atoms with van der Waals surface area (Å²) in [6, 6.07) is -1.11. The third-order valence-electron chi connectivity index (χ3n) is 2.45. The third-order valence-corrected chi connectivity index (χ3v) is 3.09. The lowest BCUT2D eigenvalue weighted by atomic mass is 9.95. The lowest BCUT2D eigenvalue weighted by molar-refractivity contribution is -0.140. The van der Waals surface area contributed by atoms with Crippen LogP contribution in [0.15, 0.2) is 16.6 Å². The molecular weight excluding hydrogens is 376 g/mol. The molecule has 1 rings (SSSR count). The monoisotopic (exact) mass is 385 g/mol. The van der Waals surface area contributed by atoms with Crippen molar-refractivity contribution in [2.75, 3.05) is 6.61 Å². The molecule has 0 aliphatic rings. The molecule has 0 saturated carbocycles. The van der Waals surface area contributed by atoms with E-state index in [9.17, 15) is 27.1 Å². The van der Waals surface area contributed by atoms with Gasteiger partial charge < -0.3 is 15.9 Å². The fraction of sp³-hybridized carbons (Fsp3) is 0.400. The van der Waals surface area contributed by atoms with Gasteiger partial charge >= 0.3 is 6.18 Å². The predicted octanol–water partition coefficient (Wildman–Crippen LogP) is 3.22. The van der Waals surface area contributed by atoms with E-state index in [0.717, 1.165) is 6.07 Å². The van der Waals surface area contributed by atoms with Gasteiger partial charge in [-0.1, -0.05) is 0 Å². The van der Waals surface area contributed by atoms with Crippen LogP contribution < -0.4 is 5.73 Å². The Labute approximate surface area is 125 Å². The Morgan fingerprint density at radius 3 is 2.10 bits per heavy atom. The number of alkyl halides is 5. The largest absolute Gasteiger partial charge is 0.506 e. The van der Waals surface area contributed by atoms with Gasteiger partial charge in [0.2, 0.25) is 0 Å². The fourth-order valence-electron chi connectivity index (χ4n) is 1.45. The number of rotatable bonds is 3. The summed E-state index contributed by atoms with van der Waals surface area (Å²) in [5.41, 5.74) is 2.42. The minimum atomic E-state index is -4.96. The molecule has 0 saturated heterocycles. The first kappa shape index (κ1) is 19.4. The van der Waals surface area contributed by atoms with Crippen molar-refractivity contribution >= 4 is 28.3 Å². The molecule has 0 fully saturated rings. The number of benzene rings is 1. The zero-order valence-electron chi connectivity index (χ0n) is 9.59. The Hall–Kier alpha value is -0.640. The van der Waals surface area contributed by atoms with Gasteiger partial charge in [-0.05, 0) is 28.1 Å². The Kier molecular flexibility index (Phi) is 6.21. The van der Waals surface area contributed by atoms with E-state index in [0.29, 0.717) is 6.07 Å². The van der Waals surface area contributed by atoms with Crippen LogP contribution in [-0.2, 0) is 6.18 Å². The van der Waals surface area contributed by atoms with E-state index in [2.05, 4.69) is 15.9 Å². The Bertz CT molecular complexity index is 483. The van der Waals surface area contributed by atoms with Gasteiger partial charge in [0.05, 0.1) is 10.0 Å². The zero-order valence-corrected chi connectivity index (χ0v) is 12.0. The predicted molar refractivity (Wildman–Crippen MR) is 67.0 cm³/mol. The maximum absolute atomic E-state index is 13.2. The standard InChI is InChI=1S/C10H9BrF5NO2.ClH/c11-5-2-1-4(10(14,15)16)6(7(5)19)8(17)9(12,13)3-18;/h1-2,8,18-19H,3,17H2;1H/t8-;/m1./s1. The number of phenolic OH excluding ortho intramolecular Hbond substituents is 1. The van der Waals surface area contributed by atoms with E-state index >= 15 is 0 Å². The van der Waals surface area contributed by atoms with Crippen LogP contribution in [0.25, 0.3) is 0 Å². The first-order chi connectivity index (χ1) is 8.52. The Morgan fingerprint density at radius 1 is 1.20 bits per heavy atom. The number of halogens is 7. The second-order valence-electron chi connectivity index (χ2n) is 3.75. The van der Waals surface area contributed by atoms with Crippen molar-refractivity contribution in [3.8, 4) is 5.75 Å². The van der Waals surface area contributed by atoms with E-state index in [1.807, 2.05) is 0 Å². The number of aliphatic hydroxyl groups is 1. The smallest absolute Gasteiger partial charge is 0.416 e. The number of phenols is 1. The van der Waals surface area contributed by atoms with Crippen molar-refractivity contribution in [3.05, 3.63) is 27.7 Å². The fourth-order valence-corrected chi connectivity index (χ4v) is 1.80. The molecule has 0 bridgehead atoms. The minimum absolute atomic E-state index is 0. The summed E-state index contributed by atoms with van der Waals surface area (Å²) in [6.45, 7) is -1.74. The van der Waals surface area contributed by atoms with E-state index in [-0.39, 0.29) is 16.9 Å². The molecule has 0 aromatic heterocycles. The van der Waals surface area contributed by atoms with Gasteiger partial charge in [-0.2, -0.15) is 13.2 Å². The molecule has 116 valence electrons. The summed E-state index contributed by atoms with van der Waals surface area (Å²) < 4.78 is 64.4. The molecule has 20 heavy (non-hydrogen) atoms. The van der Waals surface area contributed by atoms with Crippen molar-refractivity contribution in [2.45, 2.75) is 18.1 Å². The van der Waals surface area contributed by atoms with Gasteiger partial charge in [-0.25, -0.2) is 8.78 Å². The van der Waals surface area contributed by atoms with Crippen LogP contribution in [0.5, 0.6) is 5.75 Å². The molecule has 4 N–H and O–H groups in total. The topological polar surface area (TPSA) is 66.5 Å². The summed E-state index contributed by atoms with van der Waals surface area (Å²) in [6.07, 6.45) is -4.96. The molecule has 0 heterocycles. The molecule has 1 aromatic carbocycles. The lowest BCUT2D eigenvalue weighted by Gasteiger charge is -2.25. The van der Waals surface area contributed by atoms with Crippen molar-refractivity contribution in [1.82, 2.24) is 0 Å². The molecular formula is C10H10BrClF5NO2. The summed E-state index contributed by atoms with van der Waals surface area (Å²) in [5, 5.41) is 18.0. The van der Waals surface area contributed by atoms with Crippen LogP contribution in [0.4, 0.5) is 22.0 Å². The highest BCUT2D eigenvalue weighted by Crippen LogP contribution is 2.45. The molecule has 0 spiro atoms. The van der Waals surface area contributed by atoms with Crippen LogP contribution >= 0.6 is 28.3 Å². The zero-order chi connectivity index (χ0) is 15.0. The molecule has 1 atom stereocenters. The maximum atomic E-state index is 13.2. The molecule has 0 amide bonds. The molecule has 0 aliphatic carbocycles. The Morgan fingerprint density at radius 2 is 1.70 bits per heavy atom. The first-order valence-electron chi connectivity index (χ1n) is 4.85. The molecule has 1 aromatic rings. The Balaban J connectivity index is 0.00000361. The minimum Gasteiger partial charge on any atom is -0.506 e. The van der Waals surface area contributed by atoms with E-state index in [1.54, 1.807) is 0 Å². The number of hydrogen-bond acceptors (Lipinski definition) is 3. The number of hydrogen-bond donors (Lipinski definition) is 3. The highest BCUT2D eigenvalue weighted by atomic mass is 79.9. The second kappa shape index (κ2) is 6.42. The van der Waals surface area contributed by atoms with Gasteiger partial charge in [0.25, 0.3) is 5.92 Å². The summed E-state index contributed by atoms with van der Waals surface area (Å²) in [7, 11) is 0. The van der Waals surface area contributed by atoms with Gasteiger partial charge in [0.15, 0.2) is 0 Å². The van der Waals surface area contributed by atoms with Crippen LogP contribution in [0.3, 0.4) is 0 Å². The number of aliphatic hydroxyl groups excluding tert-OH is 1. The van der Waals surface area contributed by atoms with Gasteiger partial charge in [-0.3, -0.25) is 0 Å². The van der Waals surface area contributed by atoms with Crippen LogP contribution in [0.1, 0.15) is 17.2 Å². The SMILES string of the molecule is Cl.N[C@H](c1c(C(F)(F)F)ccc(Br)c1O)C(F)(F)CO. The van der Waals surface area contributed by atoms with Crippen molar-refractivity contribution in [2.24, 2.45) is 5.73 Å². The van der Waals surface area contributed by atoms with E-state index in [4.69, 9.17) is 10.8 Å². The number of aromatic hydroxyl groups is 1. The van der Waals surface area contributed by atoms with Crippen molar-refractivity contribution in [1.29, 1.82) is 0 Å². The van der Waals surface area contributed by atoms with Crippen LogP contribution in [-0.4, -0.2) is 22.7 Å². The third kappa shape index (κ3) is 3.72. The average Bonchev–Trinajstić information content (AvgIpc) is 2.30. The van der Waals surface area contributed by atoms with Gasteiger partial charge in [-0.15, -0.1) is 12.4 Å². The molecule has 0 aliphatic heterocycles. The van der Waals surface area contributed by atoms with Gasteiger partial charge in [0, 0.05) is 5.56 Å². The van der Waals surface area contributed by atoms with Crippen molar-refractivity contribution in [3.63, 3.8) is 0 Å². The highest BCUT2D eigenvalue weighted by Gasteiger charge is 2.45. The van der Waals surface area contributed by atoms with Crippen LogP contribution in [0, 0.1) is 0 Å². The van der Waals surface area contributed by atoms with Crippen LogP contribution in [0.2, 0.25) is 0 Å². The van der Waals surface area contributed by atoms with Gasteiger partial charge in [0.1, 0.15) is 18.4 Å². The highest BCUT2D eigenvalue weighted by molar-refractivity contribution is 9.10. The summed E-state index contributed by atoms with van der Waals surface area (Å²) in [5.74, 6) is -5.03. The average molecular weight is 387 g/mol. The number of nitrogens with two attached hydrogens (primary N) is 1. The quantitative estimate of drug-likeness (QED) is 0.699. The second-order valence-corrected chi connectivity index (χ2v) is 4.61. The summed E-state index contributed by atoms with van der Waals surface area (Å²) >= 11 is 2.72. The molecule has 0 unspecified atom stereocenters. The molecule has 0 radical (unpaired) electrons. The van der Waals surface area contributed by atoms with E-state index < -0.39 is 41.6 Å². The van der Waals surface area contributed by atoms with E-state index in [1.165, 1.54) is 0 Å². The molecule has 10 heteroatoms. The normalized spacial score (nSPS) is 13.8. The lowest BCUT2D eigenvalue weighted by Crippen LogP contribution is -2.37. The molecule has 3 nitrogen and oxygen atoms in total. The maximum Gasteiger partial charge on any atom is 0.416 e. The van der Waals surface area contributed by atoms with Crippen molar-refractivity contribution < 1.29 is 32.2 Å².